The molecule has 24 heavy (non-hydrogen) atoms. The van der Waals surface area contributed by atoms with Gasteiger partial charge in [-0.25, -0.2) is 13.1 Å². The van der Waals surface area contributed by atoms with Gasteiger partial charge in [-0.05, 0) is 49.8 Å². The molecule has 0 aliphatic carbocycles. The molecule has 2 N–H and O–H groups in total. The summed E-state index contributed by atoms with van der Waals surface area (Å²) in [6.07, 6.45) is 3.04. The highest BCUT2D eigenvalue weighted by molar-refractivity contribution is 7.89. The molecule has 6 heteroatoms. The summed E-state index contributed by atoms with van der Waals surface area (Å²) < 4.78 is 26.6. The lowest BCUT2D eigenvalue weighted by Gasteiger charge is -2.09. The van der Waals surface area contributed by atoms with Crippen molar-refractivity contribution in [3.63, 3.8) is 0 Å². The Kier molecular flexibility index (Phi) is 5.89. The maximum Gasteiger partial charge on any atom is 0.248 e. The second-order valence-corrected chi connectivity index (χ2v) is 7.25. The number of rotatable bonds is 6. The Morgan fingerprint density at radius 2 is 1.62 bits per heavy atom. The monoisotopic (exact) mass is 344 g/mol. The summed E-state index contributed by atoms with van der Waals surface area (Å²) in [6.45, 7) is 3.53. The van der Waals surface area contributed by atoms with E-state index < -0.39 is 10.0 Å². The molecular formula is C18H20N2O3S. The van der Waals surface area contributed by atoms with Crippen LogP contribution in [0.15, 0.2) is 65.6 Å². The SMILES string of the molecule is CC(C)NS(=O)(=O)c1ccc(/C=C/C(=O)Nc2ccccc2)cc1. The largest absolute Gasteiger partial charge is 0.323 e. The molecule has 0 fully saturated rings. The minimum absolute atomic E-state index is 0.170. The summed E-state index contributed by atoms with van der Waals surface area (Å²) in [6, 6.07) is 15.3. The first-order valence-corrected chi connectivity index (χ1v) is 9.01. The molecule has 0 spiro atoms. The highest BCUT2D eigenvalue weighted by Gasteiger charge is 2.14. The number of para-hydroxylation sites is 1. The predicted molar refractivity (Wildman–Crippen MR) is 96.0 cm³/mol. The molecule has 0 bridgehead atoms. The number of anilines is 1. The van der Waals surface area contributed by atoms with E-state index in [1.165, 1.54) is 18.2 Å². The fourth-order valence-corrected chi connectivity index (χ4v) is 3.26. The van der Waals surface area contributed by atoms with Crippen molar-refractivity contribution >= 4 is 27.7 Å². The van der Waals surface area contributed by atoms with E-state index >= 15 is 0 Å². The molecule has 0 aromatic heterocycles. The van der Waals surface area contributed by atoms with Gasteiger partial charge in [-0.15, -0.1) is 0 Å². The zero-order chi connectivity index (χ0) is 17.6. The molecule has 0 heterocycles. The molecule has 0 atom stereocenters. The van der Waals surface area contributed by atoms with E-state index in [0.29, 0.717) is 5.69 Å². The van der Waals surface area contributed by atoms with Crippen LogP contribution in [-0.4, -0.2) is 20.4 Å². The van der Waals surface area contributed by atoms with Gasteiger partial charge in [-0.3, -0.25) is 4.79 Å². The lowest BCUT2D eigenvalue weighted by Crippen LogP contribution is -2.30. The van der Waals surface area contributed by atoms with Gasteiger partial charge in [0.1, 0.15) is 0 Å². The van der Waals surface area contributed by atoms with Crippen LogP contribution in [0.4, 0.5) is 5.69 Å². The fraction of sp³-hybridized carbons (Fsp3) is 0.167. The molecule has 2 rings (SSSR count). The number of sulfonamides is 1. The van der Waals surface area contributed by atoms with Gasteiger partial charge in [0.05, 0.1) is 4.90 Å². The summed E-state index contributed by atoms with van der Waals surface area (Å²) in [7, 11) is -3.50. The van der Waals surface area contributed by atoms with E-state index in [2.05, 4.69) is 10.0 Å². The number of benzene rings is 2. The quantitative estimate of drug-likeness (QED) is 0.791. The van der Waals surface area contributed by atoms with E-state index in [1.54, 1.807) is 44.2 Å². The summed E-state index contributed by atoms with van der Waals surface area (Å²) in [5.74, 6) is -0.251. The summed E-state index contributed by atoms with van der Waals surface area (Å²) in [4.78, 5) is 12.0. The van der Waals surface area contributed by atoms with Gasteiger partial charge < -0.3 is 5.32 Å². The third-order valence-electron chi connectivity index (χ3n) is 3.05. The van der Waals surface area contributed by atoms with Crippen LogP contribution in [0, 0.1) is 0 Å². The number of carbonyl (C=O) groups excluding carboxylic acids is 1. The van der Waals surface area contributed by atoms with E-state index in [9.17, 15) is 13.2 Å². The van der Waals surface area contributed by atoms with Gasteiger partial charge in [0.15, 0.2) is 0 Å². The number of hydrogen-bond donors (Lipinski definition) is 2. The third kappa shape index (κ3) is 5.33. The van der Waals surface area contributed by atoms with Crippen LogP contribution in [-0.2, 0) is 14.8 Å². The summed E-state index contributed by atoms with van der Waals surface area (Å²) >= 11 is 0. The van der Waals surface area contributed by atoms with Crippen molar-refractivity contribution in [2.24, 2.45) is 0 Å². The zero-order valence-corrected chi connectivity index (χ0v) is 14.4. The van der Waals surface area contributed by atoms with Crippen molar-refractivity contribution in [1.82, 2.24) is 4.72 Å². The first-order valence-electron chi connectivity index (χ1n) is 7.53. The fourth-order valence-electron chi connectivity index (χ4n) is 2.01. The smallest absolute Gasteiger partial charge is 0.248 e. The van der Waals surface area contributed by atoms with E-state index in [0.717, 1.165) is 5.56 Å². The molecule has 126 valence electrons. The second-order valence-electron chi connectivity index (χ2n) is 5.53. The number of carbonyl (C=O) groups is 1. The number of hydrogen-bond acceptors (Lipinski definition) is 3. The lowest BCUT2D eigenvalue weighted by molar-refractivity contribution is -0.111. The standard InChI is InChI=1S/C18H20N2O3S/c1-14(2)20-24(22,23)17-11-8-15(9-12-17)10-13-18(21)19-16-6-4-3-5-7-16/h3-14,20H,1-2H3,(H,19,21)/b13-10+. The van der Waals surface area contributed by atoms with Gasteiger partial charge in [0, 0.05) is 17.8 Å². The van der Waals surface area contributed by atoms with Crippen LogP contribution in [0.1, 0.15) is 19.4 Å². The highest BCUT2D eigenvalue weighted by Crippen LogP contribution is 2.12. The summed E-state index contributed by atoms with van der Waals surface area (Å²) in [5, 5.41) is 2.74. The highest BCUT2D eigenvalue weighted by atomic mass is 32.2. The summed E-state index contributed by atoms with van der Waals surface area (Å²) in [5.41, 5.74) is 1.45. The molecule has 0 radical (unpaired) electrons. The predicted octanol–water partition coefficient (Wildman–Crippen LogP) is 3.03. The lowest BCUT2D eigenvalue weighted by atomic mass is 10.2. The van der Waals surface area contributed by atoms with Crippen LogP contribution >= 0.6 is 0 Å². The zero-order valence-electron chi connectivity index (χ0n) is 13.6. The first kappa shape index (κ1) is 17.9. The van der Waals surface area contributed by atoms with Crippen LogP contribution in [0.3, 0.4) is 0 Å². The average Bonchev–Trinajstić information content (AvgIpc) is 2.53. The molecule has 2 aromatic carbocycles. The molecule has 1 amide bonds. The minimum Gasteiger partial charge on any atom is -0.323 e. The molecule has 5 nitrogen and oxygen atoms in total. The van der Waals surface area contributed by atoms with Gasteiger partial charge in [0.2, 0.25) is 15.9 Å². The van der Waals surface area contributed by atoms with Gasteiger partial charge >= 0.3 is 0 Å². The van der Waals surface area contributed by atoms with Gasteiger partial charge in [-0.1, -0.05) is 30.3 Å². The van der Waals surface area contributed by atoms with E-state index in [-0.39, 0.29) is 16.8 Å². The van der Waals surface area contributed by atoms with Gasteiger partial charge in [0.25, 0.3) is 0 Å². The maximum absolute atomic E-state index is 12.0. The number of amides is 1. The third-order valence-corrected chi connectivity index (χ3v) is 4.72. The van der Waals surface area contributed by atoms with Crippen LogP contribution < -0.4 is 10.0 Å². The first-order chi connectivity index (χ1) is 11.4. The molecule has 0 aliphatic heterocycles. The molecule has 0 saturated carbocycles. The topological polar surface area (TPSA) is 75.3 Å². The molecular weight excluding hydrogens is 324 g/mol. The average molecular weight is 344 g/mol. The Morgan fingerprint density at radius 1 is 1.00 bits per heavy atom. The van der Waals surface area contributed by atoms with Crippen LogP contribution in [0.2, 0.25) is 0 Å². The van der Waals surface area contributed by atoms with Gasteiger partial charge in [-0.2, -0.15) is 0 Å². The van der Waals surface area contributed by atoms with E-state index in [4.69, 9.17) is 0 Å². The Bertz CT molecular complexity index is 811. The molecule has 2 aromatic rings. The second kappa shape index (κ2) is 7.90. The maximum atomic E-state index is 12.0. The Balaban J connectivity index is 2.02. The van der Waals surface area contributed by atoms with E-state index in [1.807, 2.05) is 18.2 Å². The Hall–Kier alpha value is -2.44. The molecule has 0 saturated heterocycles. The van der Waals surface area contributed by atoms with Crippen molar-refractivity contribution < 1.29 is 13.2 Å². The van der Waals surface area contributed by atoms with Crippen molar-refractivity contribution in [1.29, 1.82) is 0 Å². The molecule has 0 unspecified atom stereocenters. The van der Waals surface area contributed by atoms with Crippen LogP contribution in [0.25, 0.3) is 6.08 Å². The Morgan fingerprint density at radius 3 is 2.21 bits per heavy atom. The van der Waals surface area contributed by atoms with Crippen molar-refractivity contribution in [3.8, 4) is 0 Å². The van der Waals surface area contributed by atoms with Crippen LogP contribution in [0.5, 0.6) is 0 Å². The van der Waals surface area contributed by atoms with Crippen molar-refractivity contribution in [2.45, 2.75) is 24.8 Å². The minimum atomic E-state index is -3.50. The Labute approximate surface area is 142 Å². The normalized spacial score (nSPS) is 11.8. The van der Waals surface area contributed by atoms with Crippen molar-refractivity contribution in [2.75, 3.05) is 5.32 Å². The molecule has 0 aliphatic rings. The van der Waals surface area contributed by atoms with Crippen molar-refractivity contribution in [3.05, 3.63) is 66.2 Å². The number of nitrogens with one attached hydrogen (secondary N) is 2.